The van der Waals surface area contributed by atoms with Crippen LogP contribution in [0.25, 0.3) is 5.69 Å². The SMILES string of the molecule is CNCc1cnn(-c2cccc(Cl)c2)c1C. The first-order chi connectivity index (χ1) is 7.72. The van der Waals surface area contributed by atoms with Crippen LogP contribution in [-0.4, -0.2) is 16.8 Å². The summed E-state index contributed by atoms with van der Waals surface area (Å²) in [4.78, 5) is 0. The van der Waals surface area contributed by atoms with Crippen molar-refractivity contribution in [3.8, 4) is 5.69 Å². The zero-order chi connectivity index (χ0) is 11.5. The third kappa shape index (κ3) is 2.10. The van der Waals surface area contributed by atoms with E-state index in [0.717, 1.165) is 22.9 Å². The molecule has 2 rings (SSSR count). The number of hydrogen-bond donors (Lipinski definition) is 1. The maximum absolute atomic E-state index is 5.96. The number of aromatic nitrogens is 2. The lowest BCUT2D eigenvalue weighted by Crippen LogP contribution is -2.06. The molecule has 0 spiro atoms. The van der Waals surface area contributed by atoms with Crippen LogP contribution in [0, 0.1) is 6.92 Å². The van der Waals surface area contributed by atoms with E-state index in [-0.39, 0.29) is 0 Å². The average Bonchev–Trinajstić information content (AvgIpc) is 2.61. The van der Waals surface area contributed by atoms with E-state index in [2.05, 4.69) is 17.3 Å². The summed E-state index contributed by atoms with van der Waals surface area (Å²) in [6.07, 6.45) is 1.88. The highest BCUT2D eigenvalue weighted by molar-refractivity contribution is 6.30. The topological polar surface area (TPSA) is 29.9 Å². The third-order valence-electron chi connectivity index (χ3n) is 2.53. The van der Waals surface area contributed by atoms with E-state index in [4.69, 9.17) is 11.6 Å². The van der Waals surface area contributed by atoms with Gasteiger partial charge in [-0.1, -0.05) is 17.7 Å². The van der Waals surface area contributed by atoms with E-state index in [0.29, 0.717) is 0 Å². The minimum Gasteiger partial charge on any atom is -0.316 e. The molecule has 1 heterocycles. The van der Waals surface area contributed by atoms with Crippen molar-refractivity contribution in [3.63, 3.8) is 0 Å². The van der Waals surface area contributed by atoms with Crippen molar-refractivity contribution in [3.05, 3.63) is 46.7 Å². The number of nitrogens with zero attached hydrogens (tertiary/aromatic N) is 2. The van der Waals surface area contributed by atoms with Crippen LogP contribution in [0.5, 0.6) is 0 Å². The third-order valence-corrected chi connectivity index (χ3v) is 2.77. The predicted molar refractivity (Wildman–Crippen MR) is 66.1 cm³/mol. The summed E-state index contributed by atoms with van der Waals surface area (Å²) < 4.78 is 1.90. The Morgan fingerprint density at radius 1 is 1.44 bits per heavy atom. The van der Waals surface area contributed by atoms with E-state index in [9.17, 15) is 0 Å². The highest BCUT2D eigenvalue weighted by Gasteiger charge is 2.07. The minimum absolute atomic E-state index is 0.725. The Balaban J connectivity index is 2.41. The van der Waals surface area contributed by atoms with Gasteiger partial charge in [-0.05, 0) is 32.2 Å². The van der Waals surface area contributed by atoms with Gasteiger partial charge in [0.2, 0.25) is 0 Å². The molecule has 0 aliphatic heterocycles. The molecule has 16 heavy (non-hydrogen) atoms. The summed E-state index contributed by atoms with van der Waals surface area (Å²) in [5, 5.41) is 8.21. The van der Waals surface area contributed by atoms with Gasteiger partial charge in [0.1, 0.15) is 0 Å². The predicted octanol–water partition coefficient (Wildman–Crippen LogP) is 2.55. The molecule has 0 saturated carbocycles. The van der Waals surface area contributed by atoms with Crippen molar-refractivity contribution in [2.45, 2.75) is 13.5 Å². The van der Waals surface area contributed by atoms with Crippen molar-refractivity contribution in [1.29, 1.82) is 0 Å². The first kappa shape index (κ1) is 11.2. The molecule has 0 bridgehead atoms. The fourth-order valence-electron chi connectivity index (χ4n) is 1.68. The molecule has 0 saturated heterocycles. The highest BCUT2D eigenvalue weighted by atomic mass is 35.5. The molecular weight excluding hydrogens is 222 g/mol. The summed E-state index contributed by atoms with van der Waals surface area (Å²) in [6, 6.07) is 7.69. The van der Waals surface area contributed by atoms with Crippen molar-refractivity contribution in [2.24, 2.45) is 0 Å². The van der Waals surface area contributed by atoms with Crippen LogP contribution in [0.3, 0.4) is 0 Å². The molecule has 0 unspecified atom stereocenters. The molecule has 0 aliphatic rings. The normalized spacial score (nSPS) is 10.7. The lowest BCUT2D eigenvalue weighted by Gasteiger charge is -2.05. The van der Waals surface area contributed by atoms with Gasteiger partial charge in [-0.15, -0.1) is 0 Å². The van der Waals surface area contributed by atoms with Gasteiger partial charge >= 0.3 is 0 Å². The zero-order valence-corrected chi connectivity index (χ0v) is 10.1. The van der Waals surface area contributed by atoms with Gasteiger partial charge in [0.25, 0.3) is 0 Å². The molecule has 0 atom stereocenters. The van der Waals surface area contributed by atoms with Gasteiger partial charge in [-0.25, -0.2) is 4.68 Å². The summed E-state index contributed by atoms with van der Waals surface area (Å²) in [5.74, 6) is 0. The van der Waals surface area contributed by atoms with E-state index < -0.39 is 0 Å². The standard InChI is InChI=1S/C12H14ClN3/c1-9-10(7-14-2)8-15-16(9)12-5-3-4-11(13)6-12/h3-6,8,14H,7H2,1-2H3. The second-order valence-electron chi connectivity index (χ2n) is 3.68. The molecular formula is C12H14ClN3. The highest BCUT2D eigenvalue weighted by Crippen LogP contribution is 2.17. The maximum Gasteiger partial charge on any atom is 0.0663 e. The van der Waals surface area contributed by atoms with Gasteiger partial charge in [-0.3, -0.25) is 0 Å². The second-order valence-corrected chi connectivity index (χ2v) is 4.11. The van der Waals surface area contributed by atoms with Crippen molar-refractivity contribution < 1.29 is 0 Å². The van der Waals surface area contributed by atoms with Gasteiger partial charge in [0.15, 0.2) is 0 Å². The molecule has 3 nitrogen and oxygen atoms in total. The Labute approximate surface area is 100 Å². The first-order valence-corrected chi connectivity index (χ1v) is 5.54. The van der Waals surface area contributed by atoms with Crippen LogP contribution in [-0.2, 0) is 6.54 Å². The molecule has 0 fully saturated rings. The zero-order valence-electron chi connectivity index (χ0n) is 9.37. The summed E-state index contributed by atoms with van der Waals surface area (Å²) in [6.45, 7) is 2.88. The lowest BCUT2D eigenvalue weighted by atomic mass is 10.2. The second kappa shape index (κ2) is 4.68. The van der Waals surface area contributed by atoms with Crippen LogP contribution >= 0.6 is 11.6 Å². The quantitative estimate of drug-likeness (QED) is 0.886. The summed E-state index contributed by atoms with van der Waals surface area (Å²) in [5.41, 5.74) is 3.33. The number of halogens is 1. The molecule has 4 heteroatoms. The summed E-state index contributed by atoms with van der Waals surface area (Å²) in [7, 11) is 1.93. The van der Waals surface area contributed by atoms with E-state index in [1.54, 1.807) is 0 Å². The largest absolute Gasteiger partial charge is 0.316 e. The average molecular weight is 236 g/mol. The van der Waals surface area contributed by atoms with Crippen molar-refractivity contribution >= 4 is 11.6 Å². The van der Waals surface area contributed by atoms with Crippen molar-refractivity contribution in [2.75, 3.05) is 7.05 Å². The monoisotopic (exact) mass is 235 g/mol. The lowest BCUT2D eigenvalue weighted by molar-refractivity contribution is 0.801. The first-order valence-electron chi connectivity index (χ1n) is 5.16. The molecule has 2 aromatic rings. The molecule has 1 aromatic carbocycles. The number of hydrogen-bond acceptors (Lipinski definition) is 2. The molecule has 1 aromatic heterocycles. The molecule has 1 N–H and O–H groups in total. The molecule has 0 amide bonds. The Morgan fingerprint density at radius 2 is 2.25 bits per heavy atom. The van der Waals surface area contributed by atoms with Crippen LogP contribution in [0.4, 0.5) is 0 Å². The van der Waals surface area contributed by atoms with E-state index in [1.165, 1.54) is 5.56 Å². The van der Waals surface area contributed by atoms with Crippen LogP contribution in [0.1, 0.15) is 11.3 Å². The van der Waals surface area contributed by atoms with E-state index in [1.807, 2.05) is 42.2 Å². The van der Waals surface area contributed by atoms with Gasteiger partial charge in [-0.2, -0.15) is 5.10 Å². The van der Waals surface area contributed by atoms with Crippen LogP contribution < -0.4 is 5.32 Å². The Hall–Kier alpha value is -1.32. The minimum atomic E-state index is 0.725. The van der Waals surface area contributed by atoms with Crippen molar-refractivity contribution in [1.82, 2.24) is 15.1 Å². The van der Waals surface area contributed by atoms with Crippen LogP contribution in [0.2, 0.25) is 5.02 Å². The number of rotatable bonds is 3. The Morgan fingerprint density at radius 3 is 2.94 bits per heavy atom. The molecule has 84 valence electrons. The fourth-order valence-corrected chi connectivity index (χ4v) is 1.86. The van der Waals surface area contributed by atoms with Gasteiger partial charge in [0, 0.05) is 22.8 Å². The van der Waals surface area contributed by atoms with Crippen LogP contribution in [0.15, 0.2) is 30.5 Å². The Kier molecular flexibility index (Phi) is 3.27. The van der Waals surface area contributed by atoms with E-state index >= 15 is 0 Å². The number of benzene rings is 1. The molecule has 0 radical (unpaired) electrons. The maximum atomic E-state index is 5.96. The smallest absolute Gasteiger partial charge is 0.0663 e. The number of nitrogens with one attached hydrogen (secondary N) is 1. The fraction of sp³-hybridized carbons (Fsp3) is 0.250. The molecule has 0 aliphatic carbocycles. The van der Waals surface area contributed by atoms with Gasteiger partial charge in [0.05, 0.1) is 11.9 Å². The summed E-state index contributed by atoms with van der Waals surface area (Å²) >= 11 is 5.96. The Bertz CT molecular complexity index is 491. The van der Waals surface area contributed by atoms with Gasteiger partial charge < -0.3 is 5.32 Å².